The third-order valence-electron chi connectivity index (χ3n) is 2.80. The Morgan fingerprint density at radius 3 is 2.92 bits per heavy atom. The lowest BCUT2D eigenvalue weighted by Crippen LogP contribution is -1.99. The first-order valence-electron chi connectivity index (χ1n) is 4.87. The van der Waals surface area contributed by atoms with Crippen LogP contribution < -0.4 is 0 Å². The largest absolute Gasteiger partial charge is 0.362 e. The van der Waals surface area contributed by atoms with Crippen LogP contribution in [-0.4, -0.2) is 10.8 Å². The van der Waals surface area contributed by atoms with E-state index in [9.17, 15) is 4.79 Å². The molecule has 1 aromatic heterocycles. The van der Waals surface area contributed by atoms with Gasteiger partial charge in [-0.1, -0.05) is 0 Å². The van der Waals surface area contributed by atoms with Gasteiger partial charge in [-0.25, -0.2) is 0 Å². The van der Waals surface area contributed by atoms with Crippen molar-refractivity contribution < 1.29 is 4.79 Å². The van der Waals surface area contributed by atoms with Gasteiger partial charge in [0.15, 0.2) is 0 Å². The lowest BCUT2D eigenvalue weighted by atomic mass is 10.0. The average Bonchev–Trinajstić information content (AvgIpc) is 2.55. The topological polar surface area (TPSA) is 32.9 Å². The van der Waals surface area contributed by atoms with E-state index in [4.69, 9.17) is 0 Å². The van der Waals surface area contributed by atoms with E-state index in [1.54, 1.807) is 6.92 Å². The van der Waals surface area contributed by atoms with Gasteiger partial charge in [0, 0.05) is 17.8 Å². The van der Waals surface area contributed by atoms with Crippen LogP contribution in [0.25, 0.3) is 0 Å². The molecule has 0 aliphatic heterocycles. The SMILES string of the molecule is CC(=O)Cc1c(C)[nH]c2c1CCC2. The molecule has 0 atom stereocenters. The molecule has 1 heterocycles. The molecule has 1 aliphatic carbocycles. The quantitative estimate of drug-likeness (QED) is 0.735. The van der Waals surface area contributed by atoms with Crippen molar-refractivity contribution in [3.05, 3.63) is 22.5 Å². The second kappa shape index (κ2) is 3.02. The molecule has 2 rings (SSSR count). The van der Waals surface area contributed by atoms with Crippen molar-refractivity contribution in [1.82, 2.24) is 4.98 Å². The van der Waals surface area contributed by atoms with Gasteiger partial charge in [0.1, 0.15) is 5.78 Å². The summed E-state index contributed by atoms with van der Waals surface area (Å²) in [4.78, 5) is 14.4. The van der Waals surface area contributed by atoms with E-state index >= 15 is 0 Å². The number of carbonyl (C=O) groups is 1. The van der Waals surface area contributed by atoms with Crippen LogP contribution in [0, 0.1) is 6.92 Å². The van der Waals surface area contributed by atoms with Crippen molar-refractivity contribution >= 4 is 5.78 Å². The van der Waals surface area contributed by atoms with Gasteiger partial charge >= 0.3 is 0 Å². The van der Waals surface area contributed by atoms with Crippen molar-refractivity contribution in [3.63, 3.8) is 0 Å². The van der Waals surface area contributed by atoms with Gasteiger partial charge < -0.3 is 4.98 Å². The zero-order valence-corrected chi connectivity index (χ0v) is 8.24. The Morgan fingerprint density at radius 2 is 2.23 bits per heavy atom. The third kappa shape index (κ3) is 1.41. The lowest BCUT2D eigenvalue weighted by Gasteiger charge is -1.99. The highest BCUT2D eigenvalue weighted by molar-refractivity contribution is 5.79. The van der Waals surface area contributed by atoms with Gasteiger partial charge in [0.25, 0.3) is 0 Å². The van der Waals surface area contributed by atoms with Gasteiger partial charge in [-0.05, 0) is 44.2 Å². The molecule has 0 saturated heterocycles. The first-order valence-corrected chi connectivity index (χ1v) is 4.87. The number of H-pyrrole nitrogens is 1. The molecule has 0 radical (unpaired) electrons. The molecule has 0 spiro atoms. The van der Waals surface area contributed by atoms with E-state index < -0.39 is 0 Å². The Hall–Kier alpha value is -1.05. The van der Waals surface area contributed by atoms with Crippen LogP contribution in [0.3, 0.4) is 0 Å². The summed E-state index contributed by atoms with van der Waals surface area (Å²) in [5.74, 6) is 0.261. The summed E-state index contributed by atoms with van der Waals surface area (Å²) < 4.78 is 0. The summed E-state index contributed by atoms with van der Waals surface area (Å²) in [5.41, 5.74) is 5.25. The monoisotopic (exact) mass is 177 g/mol. The molecule has 13 heavy (non-hydrogen) atoms. The fourth-order valence-electron chi connectivity index (χ4n) is 2.23. The van der Waals surface area contributed by atoms with Crippen LogP contribution in [0.1, 0.15) is 35.9 Å². The number of aromatic nitrogens is 1. The number of aromatic amines is 1. The molecule has 70 valence electrons. The van der Waals surface area contributed by atoms with Crippen molar-refractivity contribution in [3.8, 4) is 0 Å². The van der Waals surface area contributed by atoms with E-state index in [2.05, 4.69) is 11.9 Å². The molecular formula is C11H15NO. The Labute approximate surface area is 78.4 Å². The second-order valence-electron chi connectivity index (χ2n) is 3.92. The van der Waals surface area contributed by atoms with Crippen LogP contribution >= 0.6 is 0 Å². The van der Waals surface area contributed by atoms with Gasteiger partial charge in [-0.15, -0.1) is 0 Å². The second-order valence-corrected chi connectivity index (χ2v) is 3.92. The molecule has 0 unspecified atom stereocenters. The van der Waals surface area contributed by atoms with Gasteiger partial charge in [-0.3, -0.25) is 4.79 Å². The minimum atomic E-state index is 0.261. The molecular weight excluding hydrogens is 162 g/mol. The molecule has 0 bridgehead atoms. The van der Waals surface area contributed by atoms with Crippen LogP contribution in [-0.2, 0) is 24.1 Å². The van der Waals surface area contributed by atoms with Crippen LogP contribution in [0.5, 0.6) is 0 Å². The fourth-order valence-corrected chi connectivity index (χ4v) is 2.23. The Bertz CT molecular complexity index is 349. The van der Waals surface area contributed by atoms with Crippen molar-refractivity contribution in [1.29, 1.82) is 0 Å². The minimum absolute atomic E-state index is 0.261. The lowest BCUT2D eigenvalue weighted by molar-refractivity contribution is -0.116. The number of Topliss-reactive ketones (excluding diaryl/α,β-unsaturated/α-hetero) is 1. The summed E-state index contributed by atoms with van der Waals surface area (Å²) in [7, 11) is 0. The maximum absolute atomic E-state index is 11.0. The molecule has 1 aliphatic rings. The Morgan fingerprint density at radius 1 is 1.46 bits per heavy atom. The molecule has 1 aromatic rings. The van der Waals surface area contributed by atoms with Crippen LogP contribution in [0.2, 0.25) is 0 Å². The molecule has 0 amide bonds. The number of fused-ring (bicyclic) bond motifs is 1. The van der Waals surface area contributed by atoms with Crippen molar-refractivity contribution in [2.45, 2.75) is 39.5 Å². The third-order valence-corrected chi connectivity index (χ3v) is 2.80. The zero-order valence-electron chi connectivity index (χ0n) is 8.24. The summed E-state index contributed by atoms with van der Waals surface area (Å²) in [6.07, 6.45) is 4.17. The normalized spacial score (nSPS) is 14.6. The summed E-state index contributed by atoms with van der Waals surface area (Å²) in [6.45, 7) is 3.73. The number of rotatable bonds is 2. The van der Waals surface area contributed by atoms with Gasteiger partial charge in [0.2, 0.25) is 0 Å². The summed E-state index contributed by atoms with van der Waals surface area (Å²) in [5, 5.41) is 0. The molecule has 2 nitrogen and oxygen atoms in total. The maximum atomic E-state index is 11.0. The highest BCUT2D eigenvalue weighted by Crippen LogP contribution is 2.27. The van der Waals surface area contributed by atoms with Crippen molar-refractivity contribution in [2.24, 2.45) is 0 Å². The van der Waals surface area contributed by atoms with E-state index in [0.29, 0.717) is 6.42 Å². The highest BCUT2D eigenvalue weighted by Gasteiger charge is 2.19. The van der Waals surface area contributed by atoms with Gasteiger partial charge in [-0.2, -0.15) is 0 Å². The highest BCUT2D eigenvalue weighted by atomic mass is 16.1. The first kappa shape index (κ1) is 8.54. The zero-order chi connectivity index (χ0) is 9.42. The van der Waals surface area contributed by atoms with E-state index in [0.717, 1.165) is 12.8 Å². The predicted molar refractivity (Wildman–Crippen MR) is 51.9 cm³/mol. The molecule has 2 heteroatoms. The smallest absolute Gasteiger partial charge is 0.134 e. The van der Waals surface area contributed by atoms with E-state index in [-0.39, 0.29) is 5.78 Å². The van der Waals surface area contributed by atoms with Crippen LogP contribution in [0.15, 0.2) is 0 Å². The maximum Gasteiger partial charge on any atom is 0.134 e. The van der Waals surface area contributed by atoms with Crippen molar-refractivity contribution in [2.75, 3.05) is 0 Å². The van der Waals surface area contributed by atoms with E-state index in [1.165, 1.54) is 28.9 Å². The molecule has 0 aromatic carbocycles. The first-order chi connectivity index (χ1) is 6.18. The molecule has 0 saturated carbocycles. The molecule has 1 N–H and O–H groups in total. The Kier molecular flexibility index (Phi) is 1.98. The van der Waals surface area contributed by atoms with Crippen LogP contribution in [0.4, 0.5) is 0 Å². The Balaban J connectivity index is 2.38. The predicted octanol–water partition coefficient (Wildman–Crippen LogP) is 1.94. The number of ketones is 1. The number of hydrogen-bond donors (Lipinski definition) is 1. The van der Waals surface area contributed by atoms with Gasteiger partial charge in [0.05, 0.1) is 0 Å². The van der Waals surface area contributed by atoms with E-state index in [1.807, 2.05) is 0 Å². The number of hydrogen-bond acceptors (Lipinski definition) is 1. The fraction of sp³-hybridized carbons (Fsp3) is 0.545. The standard InChI is InChI=1S/C11H15NO/c1-7(13)6-10-8(2)12-11-5-3-4-9(10)11/h12H,3-6H2,1-2H3. The number of aryl methyl sites for hydroxylation is 2. The summed E-state index contributed by atoms with van der Waals surface area (Å²) in [6, 6.07) is 0. The number of nitrogens with one attached hydrogen (secondary N) is 1. The number of carbonyl (C=O) groups excluding carboxylic acids is 1. The average molecular weight is 177 g/mol. The minimum Gasteiger partial charge on any atom is -0.362 e. The summed E-state index contributed by atoms with van der Waals surface area (Å²) >= 11 is 0. The molecule has 0 fully saturated rings.